The number of nitrogens with zero attached hydrogens (tertiary/aromatic N) is 4. The molecule has 108 valence electrons. The number of anilines is 2. The summed E-state index contributed by atoms with van der Waals surface area (Å²) in [6.45, 7) is 2.06. The van der Waals surface area contributed by atoms with E-state index in [2.05, 4.69) is 46.7 Å². The Labute approximate surface area is 125 Å². The van der Waals surface area contributed by atoms with Gasteiger partial charge in [0, 0.05) is 19.2 Å². The molecule has 0 saturated carbocycles. The summed E-state index contributed by atoms with van der Waals surface area (Å²) < 4.78 is 0.868. The van der Waals surface area contributed by atoms with Gasteiger partial charge in [-0.2, -0.15) is 10.1 Å². The molecule has 1 aliphatic rings. The fourth-order valence-electron chi connectivity index (χ4n) is 2.14. The van der Waals surface area contributed by atoms with Crippen molar-refractivity contribution in [3.8, 4) is 11.4 Å². The molecule has 3 rings (SSSR count). The first-order valence-corrected chi connectivity index (χ1v) is 7.20. The average molecular weight is 340 g/mol. The summed E-state index contributed by atoms with van der Waals surface area (Å²) in [5, 5.41) is 6.87. The zero-order valence-corrected chi connectivity index (χ0v) is 12.9. The number of aromatic amines is 1. The Balaban J connectivity index is 0.000000704. The maximum atomic E-state index is 5.78. The fourth-order valence-corrected chi connectivity index (χ4v) is 2.53. The summed E-state index contributed by atoms with van der Waals surface area (Å²) in [5.74, 6) is 1.17. The first-order valence-electron chi connectivity index (χ1n) is 6.40. The molecule has 0 spiro atoms. The number of hydrogen-bond acceptors (Lipinski definition) is 6. The van der Waals surface area contributed by atoms with Crippen LogP contribution in [-0.4, -0.2) is 40.3 Å². The average Bonchev–Trinajstić information content (AvgIpc) is 3.11. The monoisotopic (exact) mass is 339 g/mol. The van der Waals surface area contributed by atoms with Crippen LogP contribution in [0.3, 0.4) is 0 Å². The van der Waals surface area contributed by atoms with Crippen LogP contribution in [0.25, 0.3) is 11.4 Å². The Morgan fingerprint density at radius 1 is 1.25 bits per heavy atom. The number of halogens is 1. The molecule has 0 aliphatic carbocycles. The van der Waals surface area contributed by atoms with Crippen LogP contribution < -0.4 is 16.4 Å². The third kappa shape index (κ3) is 3.07. The minimum atomic E-state index is 0.288. The molecule has 8 heteroatoms. The van der Waals surface area contributed by atoms with E-state index >= 15 is 0 Å². The standard InChI is InChI=1S/C11H13BrN6.CH5N/c12-7-6-14-17-10(7)8-5-9(16-11(13)15-8)18-3-1-2-4-18;1-2/h5-6H,1-4H2,(H,14,17)(H2,13,15,16);2H2,1H3. The smallest absolute Gasteiger partial charge is 0.222 e. The van der Waals surface area contributed by atoms with Gasteiger partial charge in [-0.3, -0.25) is 5.10 Å². The number of nitrogens with one attached hydrogen (secondary N) is 1. The van der Waals surface area contributed by atoms with Crippen molar-refractivity contribution in [2.75, 3.05) is 30.8 Å². The second kappa shape index (κ2) is 6.67. The van der Waals surface area contributed by atoms with E-state index in [1.54, 1.807) is 6.20 Å². The zero-order chi connectivity index (χ0) is 14.5. The predicted octanol–water partition coefficient (Wildman–Crippen LogP) is 1.39. The van der Waals surface area contributed by atoms with Gasteiger partial charge in [0.2, 0.25) is 5.95 Å². The highest BCUT2D eigenvalue weighted by Crippen LogP contribution is 2.28. The molecule has 0 atom stereocenters. The van der Waals surface area contributed by atoms with Gasteiger partial charge in [0.1, 0.15) is 5.82 Å². The van der Waals surface area contributed by atoms with Gasteiger partial charge in [-0.05, 0) is 35.8 Å². The molecule has 0 unspecified atom stereocenters. The summed E-state index contributed by atoms with van der Waals surface area (Å²) >= 11 is 3.43. The Kier molecular flexibility index (Phi) is 4.91. The van der Waals surface area contributed by atoms with E-state index in [0.717, 1.165) is 34.8 Å². The predicted molar refractivity (Wildman–Crippen MR) is 83.3 cm³/mol. The molecule has 5 N–H and O–H groups in total. The molecular weight excluding hydrogens is 322 g/mol. The van der Waals surface area contributed by atoms with Crippen molar-refractivity contribution in [1.82, 2.24) is 20.2 Å². The van der Waals surface area contributed by atoms with E-state index in [1.165, 1.54) is 19.9 Å². The molecule has 20 heavy (non-hydrogen) atoms. The lowest BCUT2D eigenvalue weighted by Gasteiger charge is -2.17. The van der Waals surface area contributed by atoms with Gasteiger partial charge in [-0.1, -0.05) is 0 Å². The summed E-state index contributed by atoms with van der Waals surface area (Å²) in [6.07, 6.45) is 4.10. The van der Waals surface area contributed by atoms with Crippen LogP contribution in [-0.2, 0) is 0 Å². The van der Waals surface area contributed by atoms with Crippen LogP contribution in [0.15, 0.2) is 16.7 Å². The van der Waals surface area contributed by atoms with Crippen molar-refractivity contribution in [3.63, 3.8) is 0 Å². The maximum absolute atomic E-state index is 5.78. The lowest BCUT2D eigenvalue weighted by atomic mass is 10.3. The first kappa shape index (κ1) is 14.7. The topological polar surface area (TPSA) is 110 Å². The van der Waals surface area contributed by atoms with Crippen molar-refractivity contribution >= 4 is 27.7 Å². The molecule has 2 aromatic rings. The van der Waals surface area contributed by atoms with E-state index in [4.69, 9.17) is 5.73 Å². The van der Waals surface area contributed by atoms with Crippen molar-refractivity contribution < 1.29 is 0 Å². The van der Waals surface area contributed by atoms with Gasteiger partial charge < -0.3 is 16.4 Å². The number of hydrogen-bond donors (Lipinski definition) is 3. The minimum Gasteiger partial charge on any atom is -0.368 e. The van der Waals surface area contributed by atoms with Crippen LogP contribution >= 0.6 is 15.9 Å². The van der Waals surface area contributed by atoms with Crippen LogP contribution in [0, 0.1) is 0 Å². The molecule has 1 fully saturated rings. The highest BCUT2D eigenvalue weighted by Gasteiger charge is 2.17. The number of nitrogen functional groups attached to an aromatic ring is 1. The Morgan fingerprint density at radius 3 is 2.55 bits per heavy atom. The summed E-state index contributed by atoms with van der Waals surface area (Å²) in [5.41, 5.74) is 11.9. The molecule has 3 heterocycles. The van der Waals surface area contributed by atoms with Crippen LogP contribution in [0.1, 0.15) is 12.8 Å². The van der Waals surface area contributed by atoms with Gasteiger partial charge in [0.25, 0.3) is 0 Å². The number of rotatable bonds is 2. The van der Waals surface area contributed by atoms with Crippen molar-refractivity contribution in [1.29, 1.82) is 0 Å². The van der Waals surface area contributed by atoms with Crippen LogP contribution in [0.4, 0.5) is 11.8 Å². The summed E-state index contributed by atoms with van der Waals surface area (Å²) in [4.78, 5) is 10.8. The third-order valence-corrected chi connectivity index (χ3v) is 3.61. The Morgan fingerprint density at radius 2 is 1.95 bits per heavy atom. The Bertz CT molecular complexity index is 563. The van der Waals surface area contributed by atoms with Crippen LogP contribution in [0.2, 0.25) is 0 Å². The molecule has 1 saturated heterocycles. The maximum Gasteiger partial charge on any atom is 0.222 e. The van der Waals surface area contributed by atoms with E-state index in [1.807, 2.05) is 6.07 Å². The van der Waals surface area contributed by atoms with Crippen molar-refractivity contribution in [2.45, 2.75) is 12.8 Å². The molecule has 0 radical (unpaired) electrons. The van der Waals surface area contributed by atoms with E-state index in [-0.39, 0.29) is 5.95 Å². The third-order valence-electron chi connectivity index (χ3n) is 3.01. The van der Waals surface area contributed by atoms with E-state index in [0.29, 0.717) is 0 Å². The van der Waals surface area contributed by atoms with Gasteiger partial charge in [-0.15, -0.1) is 0 Å². The number of H-pyrrole nitrogens is 1. The summed E-state index contributed by atoms with van der Waals surface area (Å²) in [7, 11) is 1.50. The SMILES string of the molecule is CN.Nc1nc(-c2[nH]ncc2Br)cc(N2CCCC2)n1. The molecule has 2 aromatic heterocycles. The molecule has 1 aliphatic heterocycles. The summed E-state index contributed by atoms with van der Waals surface area (Å²) in [6, 6.07) is 1.94. The van der Waals surface area contributed by atoms with Gasteiger partial charge in [-0.25, -0.2) is 4.98 Å². The minimum absolute atomic E-state index is 0.288. The van der Waals surface area contributed by atoms with Crippen molar-refractivity contribution in [2.24, 2.45) is 5.73 Å². The highest BCUT2D eigenvalue weighted by molar-refractivity contribution is 9.10. The lowest BCUT2D eigenvalue weighted by molar-refractivity contribution is 0.931. The first-order chi connectivity index (χ1) is 9.74. The molecule has 0 bridgehead atoms. The Hall–Kier alpha value is -1.67. The normalized spacial score (nSPS) is 14.1. The molecule has 0 aromatic carbocycles. The second-order valence-electron chi connectivity index (χ2n) is 4.26. The van der Waals surface area contributed by atoms with Crippen molar-refractivity contribution in [3.05, 3.63) is 16.7 Å². The largest absolute Gasteiger partial charge is 0.368 e. The highest BCUT2D eigenvalue weighted by atomic mass is 79.9. The molecule has 7 nitrogen and oxygen atoms in total. The fraction of sp³-hybridized carbons (Fsp3) is 0.417. The van der Waals surface area contributed by atoms with Crippen LogP contribution in [0.5, 0.6) is 0 Å². The lowest BCUT2D eigenvalue weighted by Crippen LogP contribution is -2.19. The van der Waals surface area contributed by atoms with Gasteiger partial charge >= 0.3 is 0 Å². The second-order valence-corrected chi connectivity index (χ2v) is 5.11. The zero-order valence-electron chi connectivity index (χ0n) is 11.3. The van der Waals surface area contributed by atoms with Gasteiger partial charge in [0.05, 0.1) is 22.1 Å². The number of aromatic nitrogens is 4. The van der Waals surface area contributed by atoms with E-state index < -0.39 is 0 Å². The van der Waals surface area contributed by atoms with Gasteiger partial charge in [0.15, 0.2) is 0 Å². The molecular formula is C12H18BrN7. The number of nitrogens with two attached hydrogens (primary N) is 2. The quantitative estimate of drug-likeness (QED) is 0.762. The molecule has 0 amide bonds. The van der Waals surface area contributed by atoms with E-state index in [9.17, 15) is 0 Å².